The summed E-state index contributed by atoms with van der Waals surface area (Å²) in [5.74, 6) is -0.502. The maximum absolute atomic E-state index is 13.3. The molecule has 0 atom stereocenters. The largest absolute Gasteiger partial charge is 0.348 e. The standard InChI is InChI=1S/C27H20ClFN4O/c1-17-24(16-31-33(17)21-12-10-20(29)11-13-21)26-14-23(22-4-2-3-5-25(22)32-26)27(34)30-15-18-6-8-19(28)9-7-18/h2-14,16H,15H2,1H3,(H,30,34). The van der Waals surface area contributed by atoms with E-state index in [9.17, 15) is 9.18 Å². The highest BCUT2D eigenvalue weighted by atomic mass is 35.5. The fourth-order valence-corrected chi connectivity index (χ4v) is 4.01. The number of halogens is 2. The van der Waals surface area contributed by atoms with Crippen LogP contribution < -0.4 is 5.32 Å². The molecule has 0 spiro atoms. The summed E-state index contributed by atoms with van der Waals surface area (Å²) in [6.07, 6.45) is 1.71. The summed E-state index contributed by atoms with van der Waals surface area (Å²) in [4.78, 5) is 18.0. The first-order valence-corrected chi connectivity index (χ1v) is 11.1. The van der Waals surface area contributed by atoms with Crippen molar-refractivity contribution in [1.29, 1.82) is 0 Å². The van der Waals surface area contributed by atoms with Crippen molar-refractivity contribution in [2.24, 2.45) is 0 Å². The first-order valence-electron chi connectivity index (χ1n) is 10.7. The van der Waals surface area contributed by atoms with Crippen LogP contribution in [0.2, 0.25) is 5.02 Å². The van der Waals surface area contributed by atoms with Crippen LogP contribution in [0.3, 0.4) is 0 Å². The fraction of sp³-hybridized carbons (Fsp3) is 0.0741. The van der Waals surface area contributed by atoms with Crippen LogP contribution in [-0.4, -0.2) is 20.7 Å². The molecule has 0 aliphatic rings. The Balaban J connectivity index is 1.51. The van der Waals surface area contributed by atoms with Gasteiger partial charge in [0.2, 0.25) is 0 Å². The van der Waals surface area contributed by atoms with Gasteiger partial charge in [0, 0.05) is 22.5 Å². The summed E-state index contributed by atoms with van der Waals surface area (Å²) in [5.41, 5.74) is 5.21. The van der Waals surface area contributed by atoms with Crippen LogP contribution in [0.5, 0.6) is 0 Å². The van der Waals surface area contributed by atoms with E-state index in [1.54, 1.807) is 41.2 Å². The zero-order chi connectivity index (χ0) is 23.7. The molecule has 0 aliphatic carbocycles. The molecular weight excluding hydrogens is 451 g/mol. The molecule has 0 fully saturated rings. The average molecular weight is 471 g/mol. The molecule has 0 aliphatic heterocycles. The number of amides is 1. The van der Waals surface area contributed by atoms with E-state index >= 15 is 0 Å². The van der Waals surface area contributed by atoms with Crippen molar-refractivity contribution in [3.8, 4) is 16.9 Å². The van der Waals surface area contributed by atoms with Crippen molar-refractivity contribution < 1.29 is 9.18 Å². The van der Waals surface area contributed by atoms with Gasteiger partial charge in [-0.05, 0) is 61.0 Å². The molecule has 0 saturated heterocycles. The summed E-state index contributed by atoms with van der Waals surface area (Å²) in [5, 5.41) is 8.88. The molecule has 1 N–H and O–H groups in total. The molecular formula is C27H20ClFN4O. The summed E-state index contributed by atoms with van der Waals surface area (Å²) in [6.45, 7) is 2.30. The number of nitrogens with one attached hydrogen (secondary N) is 1. The van der Waals surface area contributed by atoms with Gasteiger partial charge in [0.15, 0.2) is 0 Å². The van der Waals surface area contributed by atoms with E-state index in [2.05, 4.69) is 10.4 Å². The Morgan fingerprint density at radius 1 is 1.03 bits per heavy atom. The van der Waals surface area contributed by atoms with Gasteiger partial charge in [0.25, 0.3) is 5.91 Å². The molecule has 0 saturated carbocycles. The Labute approximate surface area is 200 Å². The van der Waals surface area contributed by atoms with Crippen molar-refractivity contribution >= 4 is 28.4 Å². The van der Waals surface area contributed by atoms with E-state index in [0.29, 0.717) is 28.3 Å². The first-order chi connectivity index (χ1) is 16.5. The van der Waals surface area contributed by atoms with E-state index in [4.69, 9.17) is 16.6 Å². The summed E-state index contributed by atoms with van der Waals surface area (Å²) in [7, 11) is 0. The lowest BCUT2D eigenvalue weighted by atomic mass is 10.0. The van der Waals surface area contributed by atoms with E-state index in [1.807, 2.05) is 43.3 Å². The van der Waals surface area contributed by atoms with Gasteiger partial charge < -0.3 is 5.32 Å². The van der Waals surface area contributed by atoms with Crippen molar-refractivity contribution in [1.82, 2.24) is 20.1 Å². The molecule has 3 aromatic carbocycles. The average Bonchev–Trinajstić information content (AvgIpc) is 3.24. The third-order valence-corrected chi connectivity index (χ3v) is 5.94. The van der Waals surface area contributed by atoms with Crippen LogP contribution >= 0.6 is 11.6 Å². The highest BCUT2D eigenvalue weighted by Crippen LogP contribution is 2.28. The second-order valence-corrected chi connectivity index (χ2v) is 8.35. The van der Waals surface area contributed by atoms with Crippen LogP contribution in [0, 0.1) is 12.7 Å². The molecule has 5 aromatic rings. The molecule has 0 radical (unpaired) electrons. The molecule has 2 aromatic heterocycles. The number of hydrogen-bond donors (Lipinski definition) is 1. The predicted octanol–water partition coefficient (Wildman–Crippen LogP) is 6.12. The van der Waals surface area contributed by atoms with E-state index < -0.39 is 0 Å². The minimum atomic E-state index is -0.306. The number of hydrogen-bond acceptors (Lipinski definition) is 3. The molecule has 168 valence electrons. The second-order valence-electron chi connectivity index (χ2n) is 7.91. The van der Waals surface area contributed by atoms with Gasteiger partial charge in [0.1, 0.15) is 5.82 Å². The summed E-state index contributed by atoms with van der Waals surface area (Å²) < 4.78 is 15.1. The fourth-order valence-electron chi connectivity index (χ4n) is 3.88. The van der Waals surface area contributed by atoms with Crippen LogP contribution in [0.1, 0.15) is 21.6 Å². The van der Waals surface area contributed by atoms with E-state index in [0.717, 1.165) is 27.9 Å². The number of pyridine rings is 1. The maximum Gasteiger partial charge on any atom is 0.252 e. The summed E-state index contributed by atoms with van der Waals surface area (Å²) >= 11 is 5.95. The lowest BCUT2D eigenvalue weighted by molar-refractivity contribution is 0.0952. The van der Waals surface area contributed by atoms with Crippen LogP contribution in [-0.2, 0) is 6.54 Å². The molecule has 5 nitrogen and oxygen atoms in total. The first kappa shape index (κ1) is 21.8. The van der Waals surface area contributed by atoms with Gasteiger partial charge in [-0.15, -0.1) is 0 Å². The second kappa shape index (κ2) is 9.08. The predicted molar refractivity (Wildman–Crippen MR) is 132 cm³/mol. The Morgan fingerprint density at radius 2 is 1.76 bits per heavy atom. The monoisotopic (exact) mass is 470 g/mol. The summed E-state index contributed by atoms with van der Waals surface area (Å²) in [6, 6.07) is 22.8. The quantitative estimate of drug-likeness (QED) is 0.336. The van der Waals surface area contributed by atoms with Gasteiger partial charge in [-0.25, -0.2) is 14.1 Å². The Hall–Kier alpha value is -4.03. The molecule has 7 heteroatoms. The normalized spacial score (nSPS) is 11.0. The highest BCUT2D eigenvalue weighted by molar-refractivity contribution is 6.30. The topological polar surface area (TPSA) is 59.8 Å². The molecule has 0 bridgehead atoms. The lowest BCUT2D eigenvalue weighted by Gasteiger charge is -2.11. The highest BCUT2D eigenvalue weighted by Gasteiger charge is 2.17. The minimum absolute atomic E-state index is 0.196. The van der Waals surface area contributed by atoms with Gasteiger partial charge in [-0.1, -0.05) is 41.9 Å². The van der Waals surface area contributed by atoms with Gasteiger partial charge in [-0.2, -0.15) is 5.10 Å². The number of carbonyl (C=O) groups excluding carboxylic acids is 1. The van der Waals surface area contributed by atoms with Crippen LogP contribution in [0.4, 0.5) is 4.39 Å². The zero-order valence-electron chi connectivity index (χ0n) is 18.3. The van der Waals surface area contributed by atoms with Crippen molar-refractivity contribution in [2.45, 2.75) is 13.5 Å². The number of benzene rings is 3. The molecule has 34 heavy (non-hydrogen) atoms. The smallest absolute Gasteiger partial charge is 0.252 e. The molecule has 1 amide bonds. The number of nitrogens with zero attached hydrogens (tertiary/aromatic N) is 3. The number of rotatable bonds is 5. The number of aromatic nitrogens is 3. The van der Waals surface area contributed by atoms with Gasteiger partial charge in [-0.3, -0.25) is 4.79 Å². The van der Waals surface area contributed by atoms with E-state index in [-0.39, 0.29) is 11.7 Å². The molecule has 5 rings (SSSR count). The lowest BCUT2D eigenvalue weighted by Crippen LogP contribution is -2.23. The third-order valence-electron chi connectivity index (χ3n) is 5.68. The van der Waals surface area contributed by atoms with Gasteiger partial charge >= 0.3 is 0 Å². The molecule has 2 heterocycles. The number of fused-ring (bicyclic) bond motifs is 1. The Kier molecular flexibility index (Phi) is 5.82. The van der Waals surface area contributed by atoms with Crippen LogP contribution in [0.15, 0.2) is 85.1 Å². The number of para-hydroxylation sites is 1. The van der Waals surface area contributed by atoms with E-state index in [1.165, 1.54) is 12.1 Å². The maximum atomic E-state index is 13.3. The Bertz CT molecular complexity index is 1490. The van der Waals surface area contributed by atoms with Crippen molar-refractivity contribution in [3.63, 3.8) is 0 Å². The van der Waals surface area contributed by atoms with Gasteiger partial charge in [0.05, 0.1) is 34.4 Å². The molecule has 0 unspecified atom stereocenters. The zero-order valence-corrected chi connectivity index (χ0v) is 19.1. The SMILES string of the molecule is Cc1c(-c2cc(C(=O)NCc3ccc(Cl)cc3)c3ccccc3n2)cnn1-c1ccc(F)cc1. The number of carbonyl (C=O) groups is 1. The van der Waals surface area contributed by atoms with Crippen molar-refractivity contribution in [2.75, 3.05) is 0 Å². The minimum Gasteiger partial charge on any atom is -0.348 e. The van der Waals surface area contributed by atoms with Crippen molar-refractivity contribution in [3.05, 3.63) is 113 Å². The Morgan fingerprint density at radius 3 is 2.53 bits per heavy atom. The van der Waals surface area contributed by atoms with Crippen LogP contribution in [0.25, 0.3) is 27.8 Å². The third kappa shape index (κ3) is 4.28.